The fourth-order valence-electron chi connectivity index (χ4n) is 0.838. The molecule has 1 rings (SSSR count). The predicted molar refractivity (Wildman–Crippen MR) is 55.7 cm³/mol. The molecule has 1 amide bonds. The van der Waals surface area contributed by atoms with Crippen molar-refractivity contribution in [1.82, 2.24) is 4.90 Å². The van der Waals surface area contributed by atoms with Crippen LogP contribution in [0, 0.1) is 0 Å². The number of rotatable bonds is 2. The highest BCUT2D eigenvalue weighted by Gasteiger charge is 2.20. The number of halogens is 1. The zero-order chi connectivity index (χ0) is 10.0. The van der Waals surface area contributed by atoms with E-state index in [4.69, 9.17) is 0 Å². The van der Waals surface area contributed by atoms with Gasteiger partial charge < -0.3 is 10.0 Å². The molecule has 1 N–H and O–H groups in total. The van der Waals surface area contributed by atoms with Gasteiger partial charge in [-0.25, -0.2) is 0 Å². The smallest absolute Gasteiger partial charge is 0.256 e. The Morgan fingerprint density at radius 2 is 2.31 bits per heavy atom. The Balaban J connectivity index is 2.79. The van der Waals surface area contributed by atoms with E-state index in [0.717, 1.165) is 4.47 Å². The second-order valence-corrected chi connectivity index (χ2v) is 4.66. The predicted octanol–water partition coefficient (Wildman–Crippen LogP) is 1.63. The molecule has 0 fully saturated rings. The van der Waals surface area contributed by atoms with E-state index in [1.165, 1.54) is 16.2 Å². The molecular weight excluding hydrogens is 254 g/mol. The molecule has 1 heterocycles. The fraction of sp³-hybridized carbons (Fsp3) is 0.375. The van der Waals surface area contributed by atoms with Crippen LogP contribution in [0.3, 0.4) is 0 Å². The number of likely N-dealkylation sites (N-methyl/N-ethyl adjacent to an activating group) is 1. The van der Waals surface area contributed by atoms with E-state index in [2.05, 4.69) is 15.9 Å². The number of amides is 1. The lowest BCUT2D eigenvalue weighted by Gasteiger charge is -2.14. The molecule has 0 aromatic carbocycles. The van der Waals surface area contributed by atoms with Crippen LogP contribution >= 0.6 is 27.3 Å². The van der Waals surface area contributed by atoms with Crippen LogP contribution in [0.25, 0.3) is 0 Å². The van der Waals surface area contributed by atoms with Gasteiger partial charge in [-0.2, -0.15) is 0 Å². The van der Waals surface area contributed by atoms with Crippen molar-refractivity contribution in [3.63, 3.8) is 0 Å². The van der Waals surface area contributed by atoms with Crippen molar-refractivity contribution in [1.29, 1.82) is 0 Å². The molecule has 72 valence electrons. The number of aliphatic hydroxyl groups excluding tert-OH is 1. The van der Waals surface area contributed by atoms with Crippen molar-refractivity contribution in [2.75, 3.05) is 14.1 Å². The van der Waals surface area contributed by atoms with Crippen LogP contribution in [-0.4, -0.2) is 30.0 Å². The monoisotopic (exact) mass is 263 g/mol. The first kappa shape index (κ1) is 10.7. The van der Waals surface area contributed by atoms with Gasteiger partial charge in [0, 0.05) is 28.8 Å². The Morgan fingerprint density at radius 3 is 2.69 bits per heavy atom. The van der Waals surface area contributed by atoms with E-state index in [1.807, 2.05) is 5.38 Å². The van der Waals surface area contributed by atoms with Crippen molar-refractivity contribution in [3.05, 3.63) is 20.8 Å². The molecule has 0 saturated carbocycles. The van der Waals surface area contributed by atoms with Gasteiger partial charge in [-0.05, 0) is 22.0 Å². The lowest BCUT2D eigenvalue weighted by atomic mass is 10.2. The van der Waals surface area contributed by atoms with Crippen LogP contribution in [0.15, 0.2) is 15.9 Å². The minimum atomic E-state index is -1.04. The van der Waals surface area contributed by atoms with Crippen LogP contribution in [0.2, 0.25) is 0 Å². The van der Waals surface area contributed by atoms with Crippen molar-refractivity contribution >= 4 is 33.2 Å². The van der Waals surface area contributed by atoms with E-state index in [-0.39, 0.29) is 5.91 Å². The summed E-state index contributed by atoms with van der Waals surface area (Å²) in [4.78, 5) is 13.4. The second kappa shape index (κ2) is 4.21. The maximum Gasteiger partial charge on any atom is 0.256 e. The van der Waals surface area contributed by atoms with Gasteiger partial charge in [-0.3, -0.25) is 4.79 Å². The Hall–Kier alpha value is -0.390. The summed E-state index contributed by atoms with van der Waals surface area (Å²) in [6, 6.07) is 1.75. The van der Waals surface area contributed by atoms with E-state index < -0.39 is 6.10 Å². The molecule has 1 aromatic heterocycles. The van der Waals surface area contributed by atoms with Crippen molar-refractivity contribution in [2.24, 2.45) is 0 Å². The summed E-state index contributed by atoms with van der Waals surface area (Å²) in [6.45, 7) is 0. The molecule has 0 saturated heterocycles. The molecule has 1 aromatic rings. The van der Waals surface area contributed by atoms with E-state index in [1.54, 1.807) is 20.2 Å². The molecule has 0 radical (unpaired) electrons. The Kier molecular flexibility index (Phi) is 3.47. The first-order chi connectivity index (χ1) is 6.02. The average Bonchev–Trinajstić information content (AvgIpc) is 2.49. The molecule has 3 nitrogen and oxygen atoms in total. The standard InChI is InChI=1S/C8H10BrNO2S/c1-10(2)8(12)7(11)6-3-5(9)4-13-6/h3-4,7,11H,1-2H3. The number of hydrogen-bond donors (Lipinski definition) is 1. The summed E-state index contributed by atoms with van der Waals surface area (Å²) in [5.74, 6) is -0.297. The topological polar surface area (TPSA) is 40.5 Å². The Bertz CT molecular complexity index is 311. The first-order valence-corrected chi connectivity index (χ1v) is 5.33. The highest BCUT2D eigenvalue weighted by atomic mass is 79.9. The molecule has 0 aliphatic rings. The number of thiophene rings is 1. The van der Waals surface area contributed by atoms with E-state index in [9.17, 15) is 9.90 Å². The molecule has 1 atom stereocenters. The summed E-state index contributed by atoms with van der Waals surface area (Å²) in [5, 5.41) is 11.4. The van der Waals surface area contributed by atoms with Crippen molar-refractivity contribution in [3.8, 4) is 0 Å². The van der Waals surface area contributed by atoms with Gasteiger partial charge in [0.2, 0.25) is 0 Å². The summed E-state index contributed by atoms with van der Waals surface area (Å²) in [7, 11) is 3.24. The molecule has 0 aliphatic heterocycles. The van der Waals surface area contributed by atoms with Crippen LogP contribution < -0.4 is 0 Å². The van der Waals surface area contributed by atoms with Crippen LogP contribution in [0.1, 0.15) is 11.0 Å². The van der Waals surface area contributed by atoms with Crippen molar-refractivity contribution in [2.45, 2.75) is 6.10 Å². The maximum atomic E-state index is 11.3. The summed E-state index contributed by atoms with van der Waals surface area (Å²) < 4.78 is 0.887. The SMILES string of the molecule is CN(C)C(=O)C(O)c1cc(Br)cs1. The van der Waals surface area contributed by atoms with Gasteiger partial charge in [-0.15, -0.1) is 11.3 Å². The van der Waals surface area contributed by atoms with Crippen LogP contribution in [0.4, 0.5) is 0 Å². The quantitative estimate of drug-likeness (QED) is 0.882. The van der Waals surface area contributed by atoms with E-state index in [0.29, 0.717) is 4.88 Å². The Morgan fingerprint density at radius 1 is 1.69 bits per heavy atom. The largest absolute Gasteiger partial charge is 0.378 e. The first-order valence-electron chi connectivity index (χ1n) is 3.65. The summed E-state index contributed by atoms with van der Waals surface area (Å²) in [5.41, 5.74) is 0. The van der Waals surface area contributed by atoms with Crippen LogP contribution in [-0.2, 0) is 4.79 Å². The molecule has 5 heteroatoms. The number of carbonyl (C=O) groups excluding carboxylic acids is 1. The normalized spacial score (nSPS) is 12.6. The molecule has 0 aliphatic carbocycles. The summed E-state index contributed by atoms with van der Waals surface area (Å²) >= 11 is 4.62. The fourth-order valence-corrected chi connectivity index (χ4v) is 2.26. The minimum Gasteiger partial charge on any atom is -0.378 e. The number of hydrogen-bond acceptors (Lipinski definition) is 3. The van der Waals surface area contributed by atoms with E-state index >= 15 is 0 Å². The zero-order valence-corrected chi connectivity index (χ0v) is 9.72. The third-order valence-corrected chi connectivity index (χ3v) is 3.28. The van der Waals surface area contributed by atoms with Gasteiger partial charge in [0.25, 0.3) is 5.91 Å². The van der Waals surface area contributed by atoms with Gasteiger partial charge in [0.1, 0.15) is 0 Å². The van der Waals surface area contributed by atoms with Gasteiger partial charge in [0.05, 0.1) is 0 Å². The highest BCUT2D eigenvalue weighted by Crippen LogP contribution is 2.26. The molecular formula is C8H10BrNO2S. The Labute approximate surface area is 89.1 Å². The number of nitrogens with zero attached hydrogens (tertiary/aromatic N) is 1. The van der Waals surface area contributed by atoms with Gasteiger partial charge >= 0.3 is 0 Å². The number of aliphatic hydroxyl groups is 1. The van der Waals surface area contributed by atoms with Gasteiger partial charge in [0.15, 0.2) is 6.10 Å². The molecule has 0 bridgehead atoms. The molecule has 1 unspecified atom stereocenters. The average molecular weight is 264 g/mol. The highest BCUT2D eigenvalue weighted by molar-refractivity contribution is 9.10. The van der Waals surface area contributed by atoms with Crippen LogP contribution in [0.5, 0.6) is 0 Å². The maximum absolute atomic E-state index is 11.3. The minimum absolute atomic E-state index is 0.297. The second-order valence-electron chi connectivity index (χ2n) is 2.80. The summed E-state index contributed by atoms with van der Waals surface area (Å²) in [6.07, 6.45) is -1.04. The lowest BCUT2D eigenvalue weighted by molar-refractivity contribution is -0.137. The molecule has 13 heavy (non-hydrogen) atoms. The number of carbonyl (C=O) groups is 1. The third kappa shape index (κ3) is 2.52. The third-order valence-electron chi connectivity index (χ3n) is 1.53. The lowest BCUT2D eigenvalue weighted by Crippen LogP contribution is -2.27. The van der Waals surface area contributed by atoms with Crippen molar-refractivity contribution < 1.29 is 9.90 Å². The molecule has 0 spiro atoms. The van der Waals surface area contributed by atoms with Gasteiger partial charge in [-0.1, -0.05) is 0 Å². The zero-order valence-electron chi connectivity index (χ0n) is 7.32.